The van der Waals surface area contributed by atoms with Gasteiger partial charge in [-0.05, 0) is 61.7 Å². The van der Waals surface area contributed by atoms with Crippen molar-refractivity contribution in [3.63, 3.8) is 0 Å². The average molecular weight is 406 g/mol. The Morgan fingerprint density at radius 3 is 2.63 bits per heavy atom. The summed E-state index contributed by atoms with van der Waals surface area (Å²) in [5.41, 5.74) is 10.0. The number of rotatable bonds is 7. The van der Waals surface area contributed by atoms with Crippen molar-refractivity contribution in [2.45, 2.75) is 19.4 Å². The highest BCUT2D eigenvalue weighted by Gasteiger charge is 2.18. The van der Waals surface area contributed by atoms with E-state index in [0.29, 0.717) is 36.4 Å². The molecule has 1 aliphatic heterocycles. The largest absolute Gasteiger partial charge is 0.496 e. The summed E-state index contributed by atoms with van der Waals surface area (Å²) in [6.45, 7) is 3.17. The standard InChI is InChI=1S/C23H27N5O2/c1-29-20-12-17(13-24)2-3-19(20)23-22(18-6-10-26-11-7-18)27-14-21(28-23)30-15-16-4-8-25-9-5-16/h2-3,6-7,10-12,14,16,25H,4-5,8-9,13,15,24H2,1H3. The lowest BCUT2D eigenvalue weighted by Crippen LogP contribution is -2.30. The zero-order valence-corrected chi connectivity index (χ0v) is 17.2. The molecule has 1 aromatic carbocycles. The van der Waals surface area contributed by atoms with Gasteiger partial charge in [0.2, 0.25) is 5.88 Å². The van der Waals surface area contributed by atoms with E-state index in [1.807, 2.05) is 30.3 Å². The van der Waals surface area contributed by atoms with Crippen molar-refractivity contribution in [3.05, 3.63) is 54.5 Å². The summed E-state index contributed by atoms with van der Waals surface area (Å²) in [6, 6.07) is 9.74. The highest BCUT2D eigenvalue weighted by molar-refractivity contribution is 5.81. The molecule has 0 amide bonds. The number of nitrogens with zero attached hydrogens (tertiary/aromatic N) is 3. The van der Waals surface area contributed by atoms with Crippen LogP contribution in [-0.2, 0) is 6.54 Å². The molecule has 7 heteroatoms. The maximum Gasteiger partial charge on any atom is 0.232 e. The van der Waals surface area contributed by atoms with E-state index < -0.39 is 0 Å². The number of ether oxygens (including phenoxy) is 2. The number of benzene rings is 1. The van der Waals surface area contributed by atoms with Crippen molar-refractivity contribution in [1.82, 2.24) is 20.3 Å². The Labute approximate surface area is 176 Å². The van der Waals surface area contributed by atoms with Crippen LogP contribution in [0, 0.1) is 5.92 Å². The molecule has 30 heavy (non-hydrogen) atoms. The fourth-order valence-corrected chi connectivity index (χ4v) is 3.66. The minimum Gasteiger partial charge on any atom is -0.496 e. The molecule has 1 saturated heterocycles. The van der Waals surface area contributed by atoms with Gasteiger partial charge >= 0.3 is 0 Å². The minimum atomic E-state index is 0.443. The van der Waals surface area contributed by atoms with Gasteiger partial charge in [0.1, 0.15) is 11.4 Å². The zero-order valence-electron chi connectivity index (χ0n) is 17.2. The third-order valence-corrected chi connectivity index (χ3v) is 5.39. The predicted molar refractivity (Wildman–Crippen MR) is 116 cm³/mol. The van der Waals surface area contributed by atoms with Gasteiger partial charge < -0.3 is 20.5 Å². The lowest BCUT2D eigenvalue weighted by atomic mass is 9.99. The monoisotopic (exact) mass is 405 g/mol. The normalized spacial score (nSPS) is 14.5. The van der Waals surface area contributed by atoms with Gasteiger partial charge in [0.25, 0.3) is 0 Å². The van der Waals surface area contributed by atoms with Crippen LogP contribution >= 0.6 is 0 Å². The number of hydrogen-bond donors (Lipinski definition) is 2. The van der Waals surface area contributed by atoms with Crippen LogP contribution in [-0.4, -0.2) is 41.8 Å². The van der Waals surface area contributed by atoms with E-state index in [9.17, 15) is 0 Å². The Kier molecular flexibility index (Phi) is 6.51. The summed E-state index contributed by atoms with van der Waals surface area (Å²) >= 11 is 0. The number of methoxy groups -OCH3 is 1. The number of pyridine rings is 1. The molecule has 0 radical (unpaired) electrons. The molecule has 0 unspecified atom stereocenters. The Hall–Kier alpha value is -3.03. The molecule has 3 heterocycles. The topological polar surface area (TPSA) is 95.2 Å². The molecule has 2 aromatic heterocycles. The molecule has 0 saturated carbocycles. The van der Waals surface area contributed by atoms with Gasteiger partial charge in [-0.2, -0.15) is 0 Å². The average Bonchev–Trinajstić information content (AvgIpc) is 2.83. The fraction of sp³-hybridized carbons (Fsp3) is 0.348. The molecule has 0 spiro atoms. The first-order valence-electron chi connectivity index (χ1n) is 10.3. The molecule has 0 atom stereocenters. The van der Waals surface area contributed by atoms with Crippen molar-refractivity contribution < 1.29 is 9.47 Å². The number of aromatic nitrogens is 3. The van der Waals surface area contributed by atoms with Crippen LogP contribution in [0.3, 0.4) is 0 Å². The molecule has 3 aromatic rings. The number of nitrogens with two attached hydrogens (primary N) is 1. The molecular formula is C23H27N5O2. The van der Waals surface area contributed by atoms with Crippen molar-refractivity contribution >= 4 is 0 Å². The summed E-state index contributed by atoms with van der Waals surface area (Å²) in [7, 11) is 1.65. The smallest absolute Gasteiger partial charge is 0.232 e. The Balaban J connectivity index is 1.71. The van der Waals surface area contributed by atoms with Gasteiger partial charge in [0, 0.05) is 30.1 Å². The van der Waals surface area contributed by atoms with E-state index in [1.54, 1.807) is 25.7 Å². The first-order chi connectivity index (χ1) is 14.8. The summed E-state index contributed by atoms with van der Waals surface area (Å²) in [5, 5.41) is 3.38. The summed E-state index contributed by atoms with van der Waals surface area (Å²) in [6.07, 6.45) is 7.42. The predicted octanol–water partition coefficient (Wildman–Crippen LogP) is 3.05. The molecule has 0 bridgehead atoms. The van der Waals surface area contributed by atoms with Crippen molar-refractivity contribution in [2.75, 3.05) is 26.8 Å². The van der Waals surface area contributed by atoms with Crippen LogP contribution in [0.25, 0.3) is 22.5 Å². The van der Waals surface area contributed by atoms with Crippen molar-refractivity contribution in [3.8, 4) is 34.1 Å². The van der Waals surface area contributed by atoms with Gasteiger partial charge in [-0.15, -0.1) is 0 Å². The number of hydrogen-bond acceptors (Lipinski definition) is 7. The van der Waals surface area contributed by atoms with Crippen LogP contribution in [0.15, 0.2) is 48.9 Å². The third-order valence-electron chi connectivity index (χ3n) is 5.39. The molecule has 7 nitrogen and oxygen atoms in total. The van der Waals surface area contributed by atoms with Crippen LogP contribution < -0.4 is 20.5 Å². The molecule has 0 aliphatic carbocycles. The highest BCUT2D eigenvalue weighted by atomic mass is 16.5. The first kappa shape index (κ1) is 20.3. The van der Waals surface area contributed by atoms with E-state index in [0.717, 1.165) is 48.3 Å². The summed E-state index contributed by atoms with van der Waals surface area (Å²) < 4.78 is 11.7. The lowest BCUT2D eigenvalue weighted by molar-refractivity contribution is 0.208. The maximum atomic E-state index is 6.04. The SMILES string of the molecule is COc1cc(CN)ccc1-c1nc(OCC2CCNCC2)cnc1-c1ccncc1. The van der Waals surface area contributed by atoms with Crippen LogP contribution in [0.1, 0.15) is 18.4 Å². The van der Waals surface area contributed by atoms with Gasteiger partial charge in [-0.3, -0.25) is 4.98 Å². The second-order valence-corrected chi connectivity index (χ2v) is 7.38. The molecule has 1 fully saturated rings. The molecule has 1 aliphatic rings. The van der Waals surface area contributed by atoms with E-state index >= 15 is 0 Å². The molecular weight excluding hydrogens is 378 g/mol. The van der Waals surface area contributed by atoms with Crippen LogP contribution in [0.2, 0.25) is 0 Å². The van der Waals surface area contributed by atoms with Crippen LogP contribution in [0.5, 0.6) is 11.6 Å². The Morgan fingerprint density at radius 2 is 1.90 bits per heavy atom. The third kappa shape index (κ3) is 4.58. The number of nitrogens with one attached hydrogen (secondary N) is 1. The fourth-order valence-electron chi connectivity index (χ4n) is 3.66. The maximum absolute atomic E-state index is 6.04. The van der Waals surface area contributed by atoms with E-state index in [4.69, 9.17) is 25.2 Å². The van der Waals surface area contributed by atoms with Gasteiger partial charge in [-0.1, -0.05) is 6.07 Å². The van der Waals surface area contributed by atoms with Gasteiger partial charge in [0.15, 0.2) is 0 Å². The second-order valence-electron chi connectivity index (χ2n) is 7.38. The Morgan fingerprint density at radius 1 is 1.10 bits per heavy atom. The summed E-state index contributed by atoms with van der Waals surface area (Å²) in [4.78, 5) is 13.6. The van der Waals surface area contributed by atoms with E-state index in [2.05, 4.69) is 10.3 Å². The molecule has 3 N–H and O–H groups in total. The molecule has 4 rings (SSSR count). The van der Waals surface area contributed by atoms with Crippen molar-refractivity contribution in [2.24, 2.45) is 11.7 Å². The van der Waals surface area contributed by atoms with E-state index in [-0.39, 0.29) is 0 Å². The van der Waals surface area contributed by atoms with E-state index in [1.165, 1.54) is 0 Å². The van der Waals surface area contributed by atoms with Crippen molar-refractivity contribution in [1.29, 1.82) is 0 Å². The second kappa shape index (κ2) is 9.65. The number of piperidine rings is 1. The zero-order chi connectivity index (χ0) is 20.8. The quantitative estimate of drug-likeness (QED) is 0.624. The minimum absolute atomic E-state index is 0.443. The van der Waals surface area contributed by atoms with Gasteiger partial charge in [0.05, 0.1) is 25.6 Å². The first-order valence-corrected chi connectivity index (χ1v) is 10.3. The van der Waals surface area contributed by atoms with Gasteiger partial charge in [-0.25, -0.2) is 9.97 Å². The molecule has 156 valence electrons. The van der Waals surface area contributed by atoms with Crippen LogP contribution in [0.4, 0.5) is 0 Å². The highest BCUT2D eigenvalue weighted by Crippen LogP contribution is 2.36. The summed E-state index contributed by atoms with van der Waals surface area (Å²) in [5.74, 6) is 1.76. The Bertz CT molecular complexity index is 975. The lowest BCUT2D eigenvalue weighted by Gasteiger charge is -2.22.